The maximum Gasteiger partial charge on any atom is 0.312 e. The number of benzene rings is 3. The Morgan fingerprint density at radius 2 is 1.79 bits per heavy atom. The second-order valence-corrected chi connectivity index (χ2v) is 16.7. The van der Waals surface area contributed by atoms with Crippen LogP contribution in [0, 0.1) is 24.7 Å². The third-order valence-electron chi connectivity index (χ3n) is 12.0. The molecule has 62 heavy (non-hydrogen) atoms. The van der Waals surface area contributed by atoms with Gasteiger partial charge < -0.3 is 53.3 Å². The number of hydrogen-bond acceptors (Lipinski definition) is 15. The number of carbonyl (C=O) groups excluding carboxylic acids is 3. The van der Waals surface area contributed by atoms with Gasteiger partial charge in [0, 0.05) is 67.8 Å². The fraction of sp³-hybridized carbons (Fsp3) is 0.457. The van der Waals surface area contributed by atoms with Crippen LogP contribution in [-0.2, 0) is 28.5 Å². The van der Waals surface area contributed by atoms with E-state index in [2.05, 4.69) is 5.32 Å². The number of ketones is 1. The third-order valence-corrected chi connectivity index (χ3v) is 12.0. The number of aliphatic hydroxyl groups is 1. The molecule has 0 saturated carbocycles. The average molecular weight is 856 g/mol. The van der Waals surface area contributed by atoms with Crippen molar-refractivity contribution in [3.05, 3.63) is 75.7 Å². The molecule has 1 aliphatic carbocycles. The van der Waals surface area contributed by atoms with Gasteiger partial charge in [-0.2, -0.15) is 0 Å². The Hall–Kier alpha value is -5.81. The van der Waals surface area contributed by atoms with E-state index >= 15 is 0 Å². The zero-order chi connectivity index (χ0) is 44.9. The molecule has 7 bridgehead atoms. The maximum absolute atomic E-state index is 14.7. The molecule has 3 N–H and O–H groups in total. The summed E-state index contributed by atoms with van der Waals surface area (Å²) in [6.45, 7) is 12.3. The summed E-state index contributed by atoms with van der Waals surface area (Å²) in [7, 11) is 5.30. The Balaban J connectivity index is 1.43. The number of amides is 1. The molecule has 1 amide bonds. The first kappa shape index (κ1) is 44.3. The summed E-state index contributed by atoms with van der Waals surface area (Å²) in [5.74, 6) is -5.46. The molecule has 8 rings (SSSR count). The van der Waals surface area contributed by atoms with Crippen LogP contribution in [0.4, 0.5) is 5.69 Å². The van der Waals surface area contributed by atoms with Crippen LogP contribution in [0.2, 0.25) is 0 Å². The van der Waals surface area contributed by atoms with Crippen molar-refractivity contribution in [1.82, 2.24) is 9.88 Å². The Labute approximate surface area is 358 Å². The van der Waals surface area contributed by atoms with Gasteiger partial charge in [-0.25, -0.2) is 4.98 Å². The first-order chi connectivity index (χ1) is 29.4. The van der Waals surface area contributed by atoms with E-state index in [0.29, 0.717) is 24.4 Å². The second kappa shape index (κ2) is 17.2. The second-order valence-electron chi connectivity index (χ2n) is 16.7. The molecule has 0 spiro atoms. The van der Waals surface area contributed by atoms with Crippen LogP contribution in [0.25, 0.3) is 33.3 Å². The molecule has 1 saturated heterocycles. The summed E-state index contributed by atoms with van der Waals surface area (Å²) >= 11 is 0. The minimum absolute atomic E-state index is 0.00291. The lowest BCUT2D eigenvalue weighted by Gasteiger charge is -2.33. The van der Waals surface area contributed by atoms with Gasteiger partial charge in [0.1, 0.15) is 53.0 Å². The van der Waals surface area contributed by atoms with E-state index in [4.69, 9.17) is 37.8 Å². The fourth-order valence-electron chi connectivity index (χ4n) is 8.40. The van der Waals surface area contributed by atoms with Crippen molar-refractivity contribution < 1.29 is 57.4 Å². The summed E-state index contributed by atoms with van der Waals surface area (Å²) in [5.41, 5.74) is -0.407. The van der Waals surface area contributed by atoms with Crippen molar-refractivity contribution in [3.8, 4) is 28.7 Å². The first-order valence-electron chi connectivity index (χ1n) is 20.5. The molecule has 6 aliphatic rings. The number of rotatable bonds is 6. The van der Waals surface area contributed by atoms with Crippen LogP contribution in [0.3, 0.4) is 0 Å². The van der Waals surface area contributed by atoms with Crippen LogP contribution in [0.1, 0.15) is 57.5 Å². The van der Waals surface area contributed by atoms with Gasteiger partial charge in [0.2, 0.25) is 5.43 Å². The molecule has 16 nitrogen and oxygen atoms in total. The van der Waals surface area contributed by atoms with Crippen molar-refractivity contribution in [1.29, 1.82) is 0 Å². The molecule has 1 fully saturated rings. The predicted molar refractivity (Wildman–Crippen MR) is 228 cm³/mol. The van der Waals surface area contributed by atoms with Crippen LogP contribution in [-0.4, -0.2) is 108 Å². The van der Waals surface area contributed by atoms with E-state index in [9.17, 15) is 29.4 Å². The number of phenolic OH excluding ortho intramolecular Hbond substituents is 1. The van der Waals surface area contributed by atoms with Gasteiger partial charge in [0.25, 0.3) is 11.7 Å². The molecule has 0 unspecified atom stereocenters. The molecule has 5 aliphatic heterocycles. The number of phenols is 1. The first-order valence-corrected chi connectivity index (χ1v) is 20.5. The molecule has 0 radical (unpaired) electrons. The molecule has 330 valence electrons. The highest BCUT2D eigenvalue weighted by atomic mass is 16.7. The third kappa shape index (κ3) is 7.91. The minimum atomic E-state index is -2.02. The van der Waals surface area contributed by atoms with Gasteiger partial charge in [-0.15, -0.1) is 0 Å². The van der Waals surface area contributed by atoms with E-state index in [1.807, 2.05) is 38.9 Å². The number of anilines is 1. The molecule has 16 heteroatoms. The fourth-order valence-corrected chi connectivity index (χ4v) is 8.40. The maximum atomic E-state index is 14.7. The lowest BCUT2D eigenvalue weighted by Crippen LogP contribution is -2.46. The molecule has 2 aromatic carbocycles. The van der Waals surface area contributed by atoms with Crippen molar-refractivity contribution in [3.63, 3.8) is 0 Å². The summed E-state index contributed by atoms with van der Waals surface area (Å²) < 4.78 is 42.7. The molecule has 0 aromatic heterocycles. The number of nitrogens with one attached hydrogen (secondary N) is 1. The number of ether oxygens (including phenoxy) is 6. The quantitative estimate of drug-likeness (QED) is 0.122. The van der Waals surface area contributed by atoms with Gasteiger partial charge in [0.15, 0.2) is 11.3 Å². The van der Waals surface area contributed by atoms with E-state index < -0.39 is 71.1 Å². The van der Waals surface area contributed by atoms with Crippen LogP contribution < -0.4 is 20.2 Å². The number of aromatic nitrogens is 1. The smallest absolute Gasteiger partial charge is 0.312 e. The lowest BCUT2D eigenvalue weighted by atomic mass is 9.86. The number of fused-ring (bicyclic) bond motifs is 9. The van der Waals surface area contributed by atoms with E-state index in [1.165, 1.54) is 40.2 Å². The molecule has 2 aromatic rings. The van der Waals surface area contributed by atoms with Crippen LogP contribution in [0.15, 0.2) is 63.6 Å². The number of nitrogens with zero attached hydrogens (tertiary/aromatic N) is 2. The Morgan fingerprint density at radius 1 is 1.05 bits per heavy atom. The van der Waals surface area contributed by atoms with Crippen LogP contribution >= 0.6 is 0 Å². The number of aromatic hydroxyl groups is 1. The summed E-state index contributed by atoms with van der Waals surface area (Å²) in [6.07, 6.45) is 3.61. The zero-order valence-corrected chi connectivity index (χ0v) is 36.4. The Bertz CT molecular complexity index is 2560. The van der Waals surface area contributed by atoms with Crippen molar-refractivity contribution in [2.45, 2.75) is 84.8 Å². The highest BCUT2D eigenvalue weighted by Gasteiger charge is 2.51. The van der Waals surface area contributed by atoms with Crippen LogP contribution in [0.5, 0.6) is 17.2 Å². The summed E-state index contributed by atoms with van der Waals surface area (Å²) in [4.78, 5) is 62.6. The van der Waals surface area contributed by atoms with Gasteiger partial charge >= 0.3 is 11.8 Å². The van der Waals surface area contributed by atoms with Crippen molar-refractivity contribution in [2.24, 2.45) is 17.8 Å². The predicted octanol–water partition coefficient (Wildman–Crippen LogP) is 5.66. The SMILES string of the molecule is CO[C@H]1/C=C/O[C@@]2(C)Oc3c(C)c(O)c4c(=O)c(c5oc6cc(OCCN(C)C)ccc6nc-5c4c3C2=O)NC(=O)/C(C)=C\C=C\[C@H](C)[C@@H]2O[C@H]([C@H](O)[C@@H]2C)[C@H](OC(C)=O)[C@@H]1C. The summed E-state index contributed by atoms with van der Waals surface area (Å²) in [6, 6.07) is 4.99. The number of allylic oxidation sites excluding steroid dienone is 2. The zero-order valence-electron chi connectivity index (χ0n) is 36.4. The number of hydrogen-bond donors (Lipinski definition) is 3. The van der Waals surface area contributed by atoms with Crippen molar-refractivity contribution in [2.75, 3.05) is 39.7 Å². The van der Waals surface area contributed by atoms with E-state index in [1.54, 1.807) is 44.2 Å². The highest BCUT2D eigenvalue weighted by Crippen LogP contribution is 2.50. The van der Waals surface area contributed by atoms with E-state index in [0.717, 1.165) is 0 Å². The molecular formula is C46H53N3O13. The van der Waals surface area contributed by atoms with E-state index in [-0.39, 0.29) is 67.8 Å². The van der Waals surface area contributed by atoms with Gasteiger partial charge in [0.05, 0.1) is 35.5 Å². The average Bonchev–Trinajstić information content (AvgIpc) is 3.67. The number of methoxy groups -OCH3 is 1. The Morgan fingerprint density at radius 3 is 2.48 bits per heavy atom. The largest absolute Gasteiger partial charge is 0.507 e. The number of carbonyl (C=O) groups is 3. The van der Waals surface area contributed by atoms with Gasteiger partial charge in [-0.05, 0) is 46.2 Å². The summed E-state index contributed by atoms with van der Waals surface area (Å²) in [5, 5.41) is 25.6. The highest BCUT2D eigenvalue weighted by molar-refractivity contribution is 6.22. The Kier molecular flexibility index (Phi) is 12.2. The number of aliphatic hydroxyl groups excluding tert-OH is 1. The number of esters is 1. The standard InChI is InChI=1S/C46H53N3O13/c1-21-12-11-13-22(2)45(55)48-35-38(53)32-31(34-42(35)60-30-20-27(14-15-28(30)47-34)57-19-17-49(8)9)33-40(24(4)36(32)51)62-46(7,44(33)54)58-18-16-29(56-10)23(3)41(59-26(6)50)43-37(52)25(5)39(21)61-43/h11-16,18,20-21,23,25,29,37,39,41,43,51-52H,17,19H2,1-10H3,(H,48,55)/b12-11+,18-16+,22-13-/t21-,23+,25-,29-,37+,39-,41+,43+,46-/m0/s1. The normalized spacial score (nSPS) is 29.8. The molecule has 5 heterocycles. The van der Waals surface area contributed by atoms with Crippen molar-refractivity contribution >= 4 is 45.2 Å². The minimum Gasteiger partial charge on any atom is -0.507 e. The lowest BCUT2D eigenvalue weighted by molar-refractivity contribution is -0.168. The number of Topliss-reactive ketones (excluding diaryl/α,β-unsaturated/α-hetero) is 1. The topological polar surface area (TPSA) is 205 Å². The van der Waals surface area contributed by atoms with Gasteiger partial charge in [-0.1, -0.05) is 39.0 Å². The van der Waals surface area contributed by atoms with Gasteiger partial charge in [-0.3, -0.25) is 19.2 Å². The molecular weight excluding hydrogens is 803 g/mol. The monoisotopic (exact) mass is 855 g/mol. The molecule has 9 atom stereocenters. The number of likely N-dealkylation sites (N-methyl/N-ethyl adjacent to an activating group) is 1.